The molecule has 4 nitrogen and oxygen atoms in total. The Morgan fingerprint density at radius 3 is 2.43 bits per heavy atom. The molecule has 0 bridgehead atoms. The minimum absolute atomic E-state index is 0.185. The lowest BCUT2D eigenvalue weighted by Crippen LogP contribution is -2.39. The fourth-order valence-corrected chi connectivity index (χ4v) is 4.36. The third kappa shape index (κ3) is 4.50. The van der Waals surface area contributed by atoms with Gasteiger partial charge in [-0.05, 0) is 49.0 Å². The van der Waals surface area contributed by atoms with Gasteiger partial charge in [0.2, 0.25) is 0 Å². The van der Waals surface area contributed by atoms with Gasteiger partial charge in [-0.3, -0.25) is 9.59 Å². The van der Waals surface area contributed by atoms with Crippen molar-refractivity contribution in [3.05, 3.63) is 71.3 Å². The second-order valence-electron chi connectivity index (χ2n) is 8.08. The van der Waals surface area contributed by atoms with Crippen molar-refractivity contribution in [3.8, 4) is 0 Å². The van der Waals surface area contributed by atoms with Gasteiger partial charge in [0.1, 0.15) is 5.78 Å². The Morgan fingerprint density at radius 1 is 0.964 bits per heavy atom. The summed E-state index contributed by atoms with van der Waals surface area (Å²) in [6, 6.07) is 17.9. The maximum Gasteiger partial charge on any atom is 0.254 e. The lowest BCUT2D eigenvalue weighted by Gasteiger charge is -2.33. The summed E-state index contributed by atoms with van der Waals surface area (Å²) in [6.07, 6.45) is 3.37. The molecule has 2 aromatic carbocycles. The van der Waals surface area contributed by atoms with E-state index in [9.17, 15) is 9.59 Å². The number of hydrogen-bond acceptors (Lipinski definition) is 3. The molecule has 0 radical (unpaired) electrons. The summed E-state index contributed by atoms with van der Waals surface area (Å²) in [7, 11) is 0. The van der Waals surface area contributed by atoms with E-state index in [1.807, 2.05) is 53.4 Å². The summed E-state index contributed by atoms with van der Waals surface area (Å²) in [4.78, 5) is 29.2. The van der Waals surface area contributed by atoms with E-state index < -0.39 is 0 Å². The second-order valence-corrected chi connectivity index (χ2v) is 8.08. The molecule has 4 heteroatoms. The molecule has 28 heavy (non-hydrogen) atoms. The van der Waals surface area contributed by atoms with Crippen molar-refractivity contribution in [1.82, 2.24) is 9.80 Å². The maximum atomic E-state index is 12.5. The lowest BCUT2D eigenvalue weighted by molar-refractivity contribution is -0.118. The molecule has 0 aliphatic carbocycles. The van der Waals surface area contributed by atoms with Crippen molar-refractivity contribution < 1.29 is 9.59 Å². The first-order valence-corrected chi connectivity index (χ1v) is 10.3. The number of carbonyl (C=O) groups is 2. The highest BCUT2D eigenvalue weighted by atomic mass is 16.2. The average molecular weight is 377 g/mol. The number of carbonyl (C=O) groups excluding carboxylic acids is 2. The predicted octanol–water partition coefficient (Wildman–Crippen LogP) is 3.56. The second kappa shape index (κ2) is 8.70. The number of hydrogen-bond donors (Lipinski definition) is 0. The molecule has 0 saturated carbocycles. The number of benzene rings is 2. The zero-order valence-electron chi connectivity index (χ0n) is 16.3. The number of nitrogens with zero attached hydrogens (tertiary/aromatic N) is 2. The molecule has 0 spiro atoms. The van der Waals surface area contributed by atoms with Crippen LogP contribution in [0.15, 0.2) is 54.6 Å². The van der Waals surface area contributed by atoms with Gasteiger partial charge in [-0.1, -0.05) is 48.5 Å². The zero-order valence-corrected chi connectivity index (χ0v) is 16.3. The number of Topliss-reactive ketones (excluding diaryl/α,β-unsaturated/α-hetero) is 1. The number of rotatable bonds is 7. The highest BCUT2D eigenvalue weighted by Crippen LogP contribution is 2.26. The Morgan fingerprint density at radius 2 is 1.68 bits per heavy atom. The van der Waals surface area contributed by atoms with Crippen molar-refractivity contribution in [2.75, 3.05) is 26.2 Å². The largest absolute Gasteiger partial charge is 0.334 e. The third-order valence-electron chi connectivity index (χ3n) is 6.03. The minimum atomic E-state index is 0.185. The van der Waals surface area contributed by atoms with Crippen LogP contribution >= 0.6 is 0 Å². The Kier molecular flexibility index (Phi) is 5.87. The van der Waals surface area contributed by atoms with Gasteiger partial charge in [0, 0.05) is 38.0 Å². The monoisotopic (exact) mass is 376 g/mol. The van der Waals surface area contributed by atoms with E-state index in [-0.39, 0.29) is 5.91 Å². The van der Waals surface area contributed by atoms with E-state index in [2.05, 4.69) is 11.0 Å². The van der Waals surface area contributed by atoms with Crippen LogP contribution in [0.3, 0.4) is 0 Å². The van der Waals surface area contributed by atoms with E-state index in [1.54, 1.807) is 0 Å². The van der Waals surface area contributed by atoms with Gasteiger partial charge in [-0.25, -0.2) is 0 Å². The van der Waals surface area contributed by atoms with E-state index in [1.165, 1.54) is 0 Å². The number of likely N-dealkylation sites (tertiary alicyclic amines) is 1. The Balaban J connectivity index is 1.18. The molecular weight excluding hydrogens is 348 g/mol. The van der Waals surface area contributed by atoms with Crippen LogP contribution < -0.4 is 0 Å². The Labute approximate surface area is 167 Å². The van der Waals surface area contributed by atoms with Crippen molar-refractivity contribution in [2.45, 2.75) is 32.2 Å². The average Bonchev–Trinajstić information content (AvgIpc) is 3.04. The van der Waals surface area contributed by atoms with Crippen LogP contribution in [0.4, 0.5) is 0 Å². The fourth-order valence-electron chi connectivity index (χ4n) is 4.36. The van der Waals surface area contributed by atoms with E-state index in [0.29, 0.717) is 24.5 Å². The quantitative estimate of drug-likeness (QED) is 0.742. The number of amides is 1. The Bertz CT molecular complexity index is 826. The van der Waals surface area contributed by atoms with E-state index >= 15 is 0 Å². The van der Waals surface area contributed by atoms with Crippen molar-refractivity contribution in [1.29, 1.82) is 0 Å². The van der Waals surface area contributed by atoms with Crippen molar-refractivity contribution >= 4 is 11.7 Å². The molecule has 0 N–H and O–H groups in total. The van der Waals surface area contributed by atoms with Gasteiger partial charge >= 0.3 is 0 Å². The standard InChI is InChI=1S/C24H28N2O2/c27-22(16-19-6-2-1-3-7-19)12-15-25-13-10-20(11-14-25)17-26-18-21-8-4-5-9-23(21)24(26)28/h1-9,20H,10-18H2. The Hall–Kier alpha value is -2.46. The molecule has 0 atom stereocenters. The SMILES string of the molecule is O=C(CCN1CCC(CN2Cc3ccccc3C2=O)CC1)Cc1ccccc1. The summed E-state index contributed by atoms with van der Waals surface area (Å²) in [6.45, 7) is 4.51. The molecule has 1 fully saturated rings. The van der Waals surface area contributed by atoms with Crippen molar-refractivity contribution in [3.63, 3.8) is 0 Å². The molecule has 146 valence electrons. The zero-order chi connectivity index (χ0) is 19.3. The van der Waals surface area contributed by atoms with Gasteiger partial charge in [0.05, 0.1) is 0 Å². The molecule has 0 aromatic heterocycles. The van der Waals surface area contributed by atoms with E-state index in [0.717, 1.165) is 62.3 Å². The van der Waals surface area contributed by atoms with Gasteiger partial charge in [0.25, 0.3) is 5.91 Å². The molecule has 1 amide bonds. The highest BCUT2D eigenvalue weighted by Gasteiger charge is 2.30. The van der Waals surface area contributed by atoms with Gasteiger partial charge < -0.3 is 9.80 Å². The molecule has 4 rings (SSSR count). The maximum absolute atomic E-state index is 12.5. The van der Waals surface area contributed by atoms with Crippen LogP contribution in [0, 0.1) is 5.92 Å². The van der Waals surface area contributed by atoms with Gasteiger partial charge in [-0.2, -0.15) is 0 Å². The molecule has 2 aliphatic heterocycles. The highest BCUT2D eigenvalue weighted by molar-refractivity contribution is 5.98. The molecular formula is C24H28N2O2. The van der Waals surface area contributed by atoms with Crippen LogP contribution in [0.25, 0.3) is 0 Å². The van der Waals surface area contributed by atoms with Crippen LogP contribution in [0.2, 0.25) is 0 Å². The van der Waals surface area contributed by atoms with E-state index in [4.69, 9.17) is 0 Å². The third-order valence-corrected chi connectivity index (χ3v) is 6.03. The smallest absolute Gasteiger partial charge is 0.254 e. The molecule has 2 heterocycles. The number of piperidine rings is 1. The topological polar surface area (TPSA) is 40.6 Å². The number of ketones is 1. The molecule has 1 saturated heterocycles. The van der Waals surface area contributed by atoms with Crippen LogP contribution in [0.5, 0.6) is 0 Å². The first kappa shape index (κ1) is 18.9. The van der Waals surface area contributed by atoms with Crippen LogP contribution in [0.1, 0.15) is 40.7 Å². The first-order chi connectivity index (χ1) is 13.7. The van der Waals surface area contributed by atoms with Gasteiger partial charge in [-0.15, -0.1) is 0 Å². The summed E-state index contributed by atoms with van der Waals surface area (Å²) >= 11 is 0. The molecule has 2 aromatic rings. The van der Waals surface area contributed by atoms with Crippen LogP contribution in [-0.2, 0) is 17.8 Å². The number of fused-ring (bicyclic) bond motifs is 1. The van der Waals surface area contributed by atoms with Gasteiger partial charge in [0.15, 0.2) is 0 Å². The minimum Gasteiger partial charge on any atom is -0.334 e. The first-order valence-electron chi connectivity index (χ1n) is 10.3. The summed E-state index contributed by atoms with van der Waals surface area (Å²) < 4.78 is 0. The predicted molar refractivity (Wildman–Crippen MR) is 110 cm³/mol. The molecule has 0 unspecified atom stereocenters. The fraction of sp³-hybridized carbons (Fsp3) is 0.417. The normalized spacial score (nSPS) is 17.7. The molecule has 2 aliphatic rings. The van der Waals surface area contributed by atoms with Crippen molar-refractivity contribution in [2.24, 2.45) is 5.92 Å². The summed E-state index contributed by atoms with van der Waals surface area (Å²) in [5, 5.41) is 0. The van der Waals surface area contributed by atoms with Crippen LogP contribution in [-0.4, -0.2) is 47.7 Å². The summed E-state index contributed by atoms with van der Waals surface area (Å²) in [5.74, 6) is 1.06. The lowest BCUT2D eigenvalue weighted by atomic mass is 9.96. The summed E-state index contributed by atoms with van der Waals surface area (Å²) in [5.41, 5.74) is 3.13.